The monoisotopic (exact) mass is 290 g/mol. The molecule has 3 nitrogen and oxygen atoms in total. The normalized spacial score (nSPS) is 17.9. The van der Waals surface area contributed by atoms with Gasteiger partial charge < -0.3 is 15.0 Å². The minimum atomic E-state index is 0.144. The molecule has 1 atom stereocenters. The predicted molar refractivity (Wildman–Crippen MR) is 88.8 cm³/mol. The highest BCUT2D eigenvalue weighted by atomic mass is 16.5. The topological polar surface area (TPSA) is 24.5 Å². The van der Waals surface area contributed by atoms with Gasteiger partial charge in [0, 0.05) is 37.7 Å². The molecule has 3 heteroatoms. The molecule has 0 aromatic heterocycles. The van der Waals surface area contributed by atoms with E-state index in [2.05, 4.69) is 54.5 Å². The molecule has 21 heavy (non-hydrogen) atoms. The second kappa shape index (κ2) is 7.92. The quantitative estimate of drug-likeness (QED) is 0.671. The molecule has 1 aliphatic rings. The first-order chi connectivity index (χ1) is 10.1. The van der Waals surface area contributed by atoms with Crippen molar-refractivity contribution < 1.29 is 4.74 Å². The van der Waals surface area contributed by atoms with E-state index >= 15 is 0 Å². The van der Waals surface area contributed by atoms with E-state index in [-0.39, 0.29) is 5.41 Å². The van der Waals surface area contributed by atoms with E-state index in [1.165, 1.54) is 18.4 Å². The Kier molecular flexibility index (Phi) is 6.22. The average Bonchev–Trinajstić information content (AvgIpc) is 3.31. The zero-order valence-corrected chi connectivity index (χ0v) is 13.8. The van der Waals surface area contributed by atoms with Gasteiger partial charge in [0.05, 0.1) is 6.61 Å². The highest BCUT2D eigenvalue weighted by Gasteiger charge is 2.31. The minimum Gasteiger partial charge on any atom is -0.380 e. The smallest absolute Gasteiger partial charge is 0.0593 e. The third-order valence-electron chi connectivity index (χ3n) is 4.27. The van der Waals surface area contributed by atoms with Crippen LogP contribution < -0.4 is 5.32 Å². The predicted octanol–water partition coefficient (Wildman–Crippen LogP) is 2.66. The van der Waals surface area contributed by atoms with Crippen LogP contribution >= 0.6 is 0 Å². The average molecular weight is 290 g/mol. The minimum absolute atomic E-state index is 0.144. The summed E-state index contributed by atoms with van der Waals surface area (Å²) in [6.07, 6.45) is 2.68. The third-order valence-corrected chi connectivity index (χ3v) is 4.27. The van der Waals surface area contributed by atoms with E-state index in [4.69, 9.17) is 4.74 Å². The van der Waals surface area contributed by atoms with Gasteiger partial charge in [0.15, 0.2) is 0 Å². The molecule has 1 N–H and O–H groups in total. The SMILES string of the molecule is CCOCCN(C)CC(C)(CNC1CC1)c1ccccc1. The maximum Gasteiger partial charge on any atom is 0.0593 e. The van der Waals surface area contributed by atoms with Gasteiger partial charge in [-0.3, -0.25) is 0 Å². The van der Waals surface area contributed by atoms with Crippen LogP contribution in [-0.2, 0) is 10.2 Å². The molecule has 1 saturated carbocycles. The Hall–Kier alpha value is -0.900. The summed E-state index contributed by atoms with van der Waals surface area (Å²) in [5.41, 5.74) is 1.56. The van der Waals surface area contributed by atoms with Gasteiger partial charge in [-0.15, -0.1) is 0 Å². The van der Waals surface area contributed by atoms with Gasteiger partial charge in [-0.2, -0.15) is 0 Å². The zero-order valence-electron chi connectivity index (χ0n) is 13.8. The third kappa shape index (κ3) is 5.42. The summed E-state index contributed by atoms with van der Waals surface area (Å²) < 4.78 is 5.48. The number of ether oxygens (including phenoxy) is 1. The molecule has 118 valence electrons. The van der Waals surface area contributed by atoms with Crippen LogP contribution in [0.15, 0.2) is 30.3 Å². The van der Waals surface area contributed by atoms with Crippen LogP contribution in [0.4, 0.5) is 0 Å². The lowest BCUT2D eigenvalue weighted by Gasteiger charge is -2.35. The van der Waals surface area contributed by atoms with Crippen molar-refractivity contribution in [1.29, 1.82) is 0 Å². The van der Waals surface area contributed by atoms with E-state index in [0.717, 1.165) is 38.9 Å². The highest BCUT2D eigenvalue weighted by Crippen LogP contribution is 2.26. The standard InChI is InChI=1S/C18H30N2O/c1-4-21-13-12-20(3)15-18(2,14-19-17-10-11-17)16-8-6-5-7-9-16/h5-9,17,19H,4,10-15H2,1-3H3. The van der Waals surface area contributed by atoms with Crippen LogP contribution in [0, 0.1) is 0 Å². The van der Waals surface area contributed by atoms with Crippen molar-refractivity contribution in [1.82, 2.24) is 10.2 Å². The van der Waals surface area contributed by atoms with Gasteiger partial charge in [-0.1, -0.05) is 37.3 Å². The lowest BCUT2D eigenvalue weighted by atomic mass is 9.81. The molecule has 1 fully saturated rings. The van der Waals surface area contributed by atoms with Crippen molar-refractivity contribution >= 4 is 0 Å². The Morgan fingerprint density at radius 3 is 2.62 bits per heavy atom. The fraction of sp³-hybridized carbons (Fsp3) is 0.667. The van der Waals surface area contributed by atoms with Gasteiger partial charge in [-0.05, 0) is 32.4 Å². The molecule has 0 aliphatic heterocycles. The highest BCUT2D eigenvalue weighted by molar-refractivity contribution is 5.25. The van der Waals surface area contributed by atoms with E-state index in [9.17, 15) is 0 Å². The van der Waals surface area contributed by atoms with Crippen LogP contribution in [0.1, 0.15) is 32.3 Å². The summed E-state index contributed by atoms with van der Waals surface area (Å²) in [5, 5.41) is 3.71. The summed E-state index contributed by atoms with van der Waals surface area (Å²) in [6, 6.07) is 11.6. The number of benzene rings is 1. The summed E-state index contributed by atoms with van der Waals surface area (Å²) >= 11 is 0. The number of hydrogen-bond acceptors (Lipinski definition) is 3. The lowest BCUT2D eigenvalue weighted by molar-refractivity contribution is 0.114. The van der Waals surface area contributed by atoms with Crippen molar-refractivity contribution in [3.05, 3.63) is 35.9 Å². The van der Waals surface area contributed by atoms with Gasteiger partial charge in [0.2, 0.25) is 0 Å². The molecule has 0 spiro atoms. The summed E-state index contributed by atoms with van der Waals surface area (Å²) in [5.74, 6) is 0. The van der Waals surface area contributed by atoms with E-state index in [1.807, 2.05) is 6.92 Å². The van der Waals surface area contributed by atoms with Crippen molar-refractivity contribution in [2.75, 3.05) is 39.9 Å². The van der Waals surface area contributed by atoms with Crippen LogP contribution in [0.5, 0.6) is 0 Å². The Morgan fingerprint density at radius 2 is 2.00 bits per heavy atom. The van der Waals surface area contributed by atoms with Gasteiger partial charge in [0.25, 0.3) is 0 Å². The second-order valence-corrected chi connectivity index (χ2v) is 6.52. The van der Waals surface area contributed by atoms with Crippen molar-refractivity contribution in [3.8, 4) is 0 Å². The molecule has 0 saturated heterocycles. The summed E-state index contributed by atoms with van der Waals surface area (Å²) in [7, 11) is 2.19. The van der Waals surface area contributed by atoms with Crippen molar-refractivity contribution in [3.63, 3.8) is 0 Å². The number of hydrogen-bond donors (Lipinski definition) is 1. The second-order valence-electron chi connectivity index (χ2n) is 6.52. The fourth-order valence-electron chi connectivity index (χ4n) is 2.79. The molecule has 1 aromatic carbocycles. The molecule has 1 unspecified atom stereocenters. The van der Waals surface area contributed by atoms with Crippen LogP contribution in [0.3, 0.4) is 0 Å². The Labute approximate surface area is 129 Å². The van der Waals surface area contributed by atoms with E-state index in [1.54, 1.807) is 0 Å². The Balaban J connectivity index is 1.96. The molecule has 2 rings (SSSR count). The molecular formula is C18H30N2O. The van der Waals surface area contributed by atoms with Crippen LogP contribution in [0.25, 0.3) is 0 Å². The number of rotatable bonds is 10. The van der Waals surface area contributed by atoms with Crippen molar-refractivity contribution in [2.24, 2.45) is 0 Å². The maximum absolute atomic E-state index is 5.48. The van der Waals surface area contributed by atoms with Crippen LogP contribution in [0.2, 0.25) is 0 Å². The molecule has 0 amide bonds. The van der Waals surface area contributed by atoms with Crippen LogP contribution in [-0.4, -0.2) is 50.8 Å². The number of nitrogens with zero attached hydrogens (tertiary/aromatic N) is 1. The summed E-state index contributed by atoms with van der Waals surface area (Å²) in [6.45, 7) is 9.10. The molecular weight excluding hydrogens is 260 g/mol. The van der Waals surface area contributed by atoms with Gasteiger partial charge in [-0.25, -0.2) is 0 Å². The fourth-order valence-corrected chi connectivity index (χ4v) is 2.79. The Bertz CT molecular complexity index is 405. The lowest BCUT2D eigenvalue weighted by Crippen LogP contribution is -2.45. The molecule has 1 aromatic rings. The molecule has 0 bridgehead atoms. The first-order valence-electron chi connectivity index (χ1n) is 8.19. The first kappa shape index (κ1) is 16.5. The van der Waals surface area contributed by atoms with E-state index < -0.39 is 0 Å². The zero-order chi connectivity index (χ0) is 15.1. The largest absolute Gasteiger partial charge is 0.380 e. The van der Waals surface area contributed by atoms with Gasteiger partial charge in [0.1, 0.15) is 0 Å². The Morgan fingerprint density at radius 1 is 1.29 bits per heavy atom. The maximum atomic E-state index is 5.48. The summed E-state index contributed by atoms with van der Waals surface area (Å²) in [4.78, 5) is 2.39. The molecule has 0 heterocycles. The van der Waals surface area contributed by atoms with Crippen molar-refractivity contribution in [2.45, 2.75) is 38.1 Å². The number of nitrogens with one attached hydrogen (secondary N) is 1. The first-order valence-corrected chi connectivity index (χ1v) is 8.19. The van der Waals surface area contributed by atoms with Gasteiger partial charge >= 0.3 is 0 Å². The van der Waals surface area contributed by atoms with E-state index in [0.29, 0.717) is 0 Å². The molecule has 0 radical (unpaired) electrons. The molecule has 1 aliphatic carbocycles. The number of likely N-dealkylation sites (N-methyl/N-ethyl adjacent to an activating group) is 1.